The number of nitrogens with zero attached hydrogens (tertiary/aromatic N) is 2. The minimum absolute atomic E-state index is 0.0459. The van der Waals surface area contributed by atoms with Crippen molar-refractivity contribution in [2.45, 2.75) is 12.8 Å². The highest BCUT2D eigenvalue weighted by Gasteiger charge is 2.22. The van der Waals surface area contributed by atoms with E-state index in [1.807, 2.05) is 0 Å². The molecule has 0 bridgehead atoms. The third-order valence-electron chi connectivity index (χ3n) is 2.26. The lowest BCUT2D eigenvalue weighted by molar-refractivity contribution is -0.131. The summed E-state index contributed by atoms with van der Waals surface area (Å²) in [5.41, 5.74) is 0. The lowest BCUT2D eigenvalue weighted by Crippen LogP contribution is -2.34. The van der Waals surface area contributed by atoms with Gasteiger partial charge in [-0.3, -0.25) is 14.9 Å². The Hall–Kier alpha value is -1.85. The van der Waals surface area contributed by atoms with Gasteiger partial charge in [0.2, 0.25) is 17.8 Å². The van der Waals surface area contributed by atoms with Gasteiger partial charge in [0.25, 0.3) is 0 Å². The summed E-state index contributed by atoms with van der Waals surface area (Å²) in [5.74, 6) is 0.233. The van der Waals surface area contributed by atoms with Crippen LogP contribution in [0.3, 0.4) is 0 Å². The van der Waals surface area contributed by atoms with Crippen molar-refractivity contribution in [3.63, 3.8) is 0 Å². The molecule has 1 aromatic rings. The van der Waals surface area contributed by atoms with Gasteiger partial charge in [-0.25, -0.2) is 4.98 Å². The average molecular weight is 208 g/mol. The molecule has 1 aromatic heterocycles. The number of aromatic amines is 1. The van der Waals surface area contributed by atoms with E-state index in [9.17, 15) is 9.59 Å². The zero-order valence-corrected chi connectivity index (χ0v) is 8.19. The van der Waals surface area contributed by atoms with Gasteiger partial charge >= 0.3 is 0 Å². The zero-order chi connectivity index (χ0) is 10.7. The van der Waals surface area contributed by atoms with Gasteiger partial charge in [0.15, 0.2) is 0 Å². The van der Waals surface area contributed by atoms with Gasteiger partial charge in [0.1, 0.15) is 0 Å². The maximum absolute atomic E-state index is 11.4. The molecule has 0 aromatic carbocycles. The van der Waals surface area contributed by atoms with Crippen LogP contribution in [0.15, 0.2) is 12.4 Å². The molecule has 6 heteroatoms. The van der Waals surface area contributed by atoms with Crippen LogP contribution in [0.4, 0.5) is 5.95 Å². The van der Waals surface area contributed by atoms with Gasteiger partial charge in [-0.05, 0) is 6.42 Å². The lowest BCUT2D eigenvalue weighted by atomic mass is 10.4. The molecule has 0 spiro atoms. The topological polar surface area (TPSA) is 78.1 Å². The Labute approximate surface area is 86.7 Å². The third kappa shape index (κ3) is 2.34. The summed E-state index contributed by atoms with van der Waals surface area (Å²) in [5, 5.41) is 2.57. The second-order valence-corrected chi connectivity index (χ2v) is 3.40. The van der Waals surface area contributed by atoms with E-state index in [4.69, 9.17) is 0 Å². The van der Waals surface area contributed by atoms with Gasteiger partial charge in [-0.15, -0.1) is 0 Å². The number of carbonyl (C=O) groups excluding carboxylic acids is 2. The first-order valence-electron chi connectivity index (χ1n) is 4.83. The molecule has 0 unspecified atom stereocenters. The maximum atomic E-state index is 11.4. The van der Waals surface area contributed by atoms with Crippen LogP contribution in [0.2, 0.25) is 0 Å². The molecule has 1 aliphatic heterocycles. The fraction of sp³-hybridized carbons (Fsp3) is 0.444. The maximum Gasteiger partial charge on any atom is 0.246 e. The molecule has 0 radical (unpaired) electrons. The van der Waals surface area contributed by atoms with E-state index in [1.54, 1.807) is 17.3 Å². The van der Waals surface area contributed by atoms with Gasteiger partial charge < -0.3 is 9.88 Å². The minimum Gasteiger partial charge on any atom is -0.333 e. The first kappa shape index (κ1) is 9.70. The summed E-state index contributed by atoms with van der Waals surface area (Å²) < 4.78 is 0. The Morgan fingerprint density at radius 1 is 1.67 bits per heavy atom. The fourth-order valence-electron chi connectivity index (χ4n) is 1.55. The van der Waals surface area contributed by atoms with E-state index in [-0.39, 0.29) is 18.4 Å². The molecule has 15 heavy (non-hydrogen) atoms. The van der Waals surface area contributed by atoms with E-state index in [0.717, 1.165) is 6.42 Å². The minimum atomic E-state index is -0.222. The molecular formula is C9H12N4O2. The first-order valence-corrected chi connectivity index (χ1v) is 4.83. The molecule has 6 nitrogen and oxygen atoms in total. The van der Waals surface area contributed by atoms with E-state index in [2.05, 4.69) is 15.3 Å². The molecule has 1 saturated heterocycles. The molecular weight excluding hydrogens is 196 g/mol. The number of anilines is 1. The number of rotatable bonds is 3. The number of carbonyl (C=O) groups is 2. The van der Waals surface area contributed by atoms with Crippen molar-refractivity contribution in [3.8, 4) is 0 Å². The van der Waals surface area contributed by atoms with Crippen molar-refractivity contribution in [1.82, 2.24) is 14.9 Å². The van der Waals surface area contributed by atoms with Crippen LogP contribution in [0, 0.1) is 0 Å². The van der Waals surface area contributed by atoms with E-state index in [1.165, 1.54) is 0 Å². The predicted octanol–water partition coefficient (Wildman–Crippen LogP) is -0.0294. The number of hydrogen-bond donors (Lipinski definition) is 2. The largest absolute Gasteiger partial charge is 0.333 e. The Morgan fingerprint density at radius 3 is 3.13 bits per heavy atom. The van der Waals surface area contributed by atoms with E-state index in [0.29, 0.717) is 18.9 Å². The number of imidazole rings is 1. The van der Waals surface area contributed by atoms with Gasteiger partial charge in [0, 0.05) is 25.4 Å². The second-order valence-electron chi connectivity index (χ2n) is 3.40. The molecule has 2 heterocycles. The van der Waals surface area contributed by atoms with Crippen molar-refractivity contribution in [2.24, 2.45) is 0 Å². The molecule has 2 N–H and O–H groups in total. The zero-order valence-electron chi connectivity index (χ0n) is 8.19. The van der Waals surface area contributed by atoms with Crippen LogP contribution in [0.5, 0.6) is 0 Å². The highest BCUT2D eigenvalue weighted by Crippen LogP contribution is 2.08. The first-order chi connectivity index (χ1) is 7.25. The van der Waals surface area contributed by atoms with Crippen molar-refractivity contribution >= 4 is 17.8 Å². The molecule has 0 atom stereocenters. The third-order valence-corrected chi connectivity index (χ3v) is 2.26. The predicted molar refractivity (Wildman–Crippen MR) is 53.0 cm³/mol. The molecule has 2 rings (SSSR count). The number of nitrogens with one attached hydrogen (secondary N) is 2. The van der Waals surface area contributed by atoms with Crippen LogP contribution in [-0.4, -0.2) is 39.8 Å². The molecule has 1 fully saturated rings. The van der Waals surface area contributed by atoms with Crippen molar-refractivity contribution in [3.05, 3.63) is 12.4 Å². The highest BCUT2D eigenvalue weighted by molar-refractivity contribution is 5.93. The second kappa shape index (κ2) is 4.12. The molecule has 80 valence electrons. The van der Waals surface area contributed by atoms with Crippen molar-refractivity contribution in [1.29, 1.82) is 0 Å². The van der Waals surface area contributed by atoms with Gasteiger partial charge in [0.05, 0.1) is 6.54 Å². The van der Waals surface area contributed by atoms with E-state index < -0.39 is 0 Å². The molecule has 1 aliphatic rings. The summed E-state index contributed by atoms with van der Waals surface area (Å²) in [6.07, 6.45) is 4.56. The van der Waals surface area contributed by atoms with Crippen molar-refractivity contribution < 1.29 is 9.59 Å². The highest BCUT2D eigenvalue weighted by atomic mass is 16.2. The average Bonchev–Trinajstić information content (AvgIpc) is 2.79. The monoisotopic (exact) mass is 208 g/mol. The standard InChI is InChI=1S/C9H12N4O2/c14-7(12-9-10-3-4-11-9)6-13-5-1-2-8(13)15/h3-4H,1-2,5-6H2,(H2,10,11,12,14). The smallest absolute Gasteiger partial charge is 0.246 e. The van der Waals surface area contributed by atoms with Crippen LogP contribution in [0.1, 0.15) is 12.8 Å². The van der Waals surface area contributed by atoms with Crippen LogP contribution >= 0.6 is 0 Å². The Kier molecular flexibility index (Phi) is 2.66. The van der Waals surface area contributed by atoms with E-state index >= 15 is 0 Å². The summed E-state index contributed by atoms with van der Waals surface area (Å²) >= 11 is 0. The van der Waals surface area contributed by atoms with Crippen molar-refractivity contribution in [2.75, 3.05) is 18.4 Å². The lowest BCUT2D eigenvalue weighted by Gasteiger charge is -2.13. The SMILES string of the molecule is O=C(CN1CCCC1=O)Nc1ncc[nH]1. The Balaban J connectivity index is 1.84. The summed E-state index contributed by atoms with van der Waals surface area (Å²) in [7, 11) is 0. The van der Waals surface area contributed by atoms with Crippen LogP contribution in [0.25, 0.3) is 0 Å². The number of aromatic nitrogens is 2. The van der Waals surface area contributed by atoms with Crippen LogP contribution < -0.4 is 5.32 Å². The Bertz CT molecular complexity index is 360. The summed E-state index contributed by atoms with van der Waals surface area (Å²) in [4.78, 5) is 30.9. The molecule has 0 saturated carbocycles. The summed E-state index contributed by atoms with van der Waals surface area (Å²) in [6.45, 7) is 0.782. The normalized spacial score (nSPS) is 15.7. The summed E-state index contributed by atoms with van der Waals surface area (Å²) in [6, 6.07) is 0. The number of amides is 2. The van der Waals surface area contributed by atoms with Crippen LogP contribution in [-0.2, 0) is 9.59 Å². The molecule has 2 amide bonds. The molecule has 0 aliphatic carbocycles. The Morgan fingerprint density at radius 2 is 2.53 bits per heavy atom. The number of likely N-dealkylation sites (tertiary alicyclic amines) is 1. The quantitative estimate of drug-likeness (QED) is 0.732. The number of H-pyrrole nitrogens is 1. The van der Waals surface area contributed by atoms with Gasteiger partial charge in [-0.2, -0.15) is 0 Å². The fourth-order valence-corrected chi connectivity index (χ4v) is 1.55. The van der Waals surface area contributed by atoms with Gasteiger partial charge in [-0.1, -0.05) is 0 Å². The number of hydrogen-bond acceptors (Lipinski definition) is 3.